The van der Waals surface area contributed by atoms with Crippen LogP contribution in [-0.4, -0.2) is 36.1 Å². The molecule has 1 aliphatic rings. The molecule has 1 N–H and O–H groups in total. The molecule has 1 aromatic rings. The number of aryl methyl sites for hydroxylation is 1. The first-order valence-electron chi connectivity index (χ1n) is 6.48. The van der Waals surface area contributed by atoms with Crippen molar-refractivity contribution in [3.63, 3.8) is 0 Å². The second-order valence-corrected chi connectivity index (χ2v) is 6.25. The summed E-state index contributed by atoms with van der Waals surface area (Å²) in [4.78, 5) is 6.93. The van der Waals surface area contributed by atoms with Crippen LogP contribution in [0.25, 0.3) is 0 Å². The van der Waals surface area contributed by atoms with Crippen LogP contribution in [0.5, 0.6) is 0 Å². The smallest absolute Gasteiger partial charge is 0.0897 e. The van der Waals surface area contributed by atoms with Gasteiger partial charge in [0.05, 0.1) is 10.7 Å². The largest absolute Gasteiger partial charge is 0.308 e. The molecular weight excluding hydrogens is 230 g/mol. The summed E-state index contributed by atoms with van der Waals surface area (Å²) in [5.74, 6) is 0.786. The molecule has 1 aliphatic heterocycles. The zero-order valence-electron chi connectivity index (χ0n) is 11.1. The van der Waals surface area contributed by atoms with Gasteiger partial charge in [-0.1, -0.05) is 0 Å². The molecule has 2 atom stereocenters. The van der Waals surface area contributed by atoms with E-state index < -0.39 is 0 Å². The Morgan fingerprint density at radius 2 is 2.47 bits per heavy atom. The summed E-state index contributed by atoms with van der Waals surface area (Å²) in [6.07, 6.45) is 2.69. The van der Waals surface area contributed by atoms with Gasteiger partial charge in [0.25, 0.3) is 0 Å². The van der Waals surface area contributed by atoms with Crippen LogP contribution in [0.1, 0.15) is 30.5 Å². The van der Waals surface area contributed by atoms with Crippen molar-refractivity contribution in [1.82, 2.24) is 15.2 Å². The zero-order chi connectivity index (χ0) is 12.3. The predicted octanol–water partition coefficient (Wildman–Crippen LogP) is 2.27. The van der Waals surface area contributed by atoms with Gasteiger partial charge in [-0.3, -0.25) is 0 Å². The lowest BCUT2D eigenvalue weighted by Crippen LogP contribution is -2.42. The predicted molar refractivity (Wildman–Crippen MR) is 73.4 cm³/mol. The number of piperidine rings is 1. The van der Waals surface area contributed by atoms with Crippen LogP contribution in [-0.2, 0) is 6.54 Å². The highest BCUT2D eigenvalue weighted by atomic mass is 32.1. The van der Waals surface area contributed by atoms with Gasteiger partial charge in [-0.2, -0.15) is 0 Å². The second-order valence-electron chi connectivity index (χ2n) is 5.19. The summed E-state index contributed by atoms with van der Waals surface area (Å²) >= 11 is 1.73. The van der Waals surface area contributed by atoms with Crippen molar-refractivity contribution >= 4 is 11.3 Å². The van der Waals surface area contributed by atoms with Gasteiger partial charge in [0.15, 0.2) is 0 Å². The molecule has 1 fully saturated rings. The Labute approximate surface area is 108 Å². The van der Waals surface area contributed by atoms with Crippen molar-refractivity contribution in [2.24, 2.45) is 5.92 Å². The first-order chi connectivity index (χ1) is 8.15. The summed E-state index contributed by atoms with van der Waals surface area (Å²) < 4.78 is 0. The van der Waals surface area contributed by atoms with Crippen LogP contribution < -0.4 is 5.32 Å². The van der Waals surface area contributed by atoms with Crippen molar-refractivity contribution in [2.45, 2.75) is 39.3 Å². The fourth-order valence-corrected chi connectivity index (χ4v) is 3.15. The molecule has 96 valence electrons. The minimum atomic E-state index is 0.583. The van der Waals surface area contributed by atoms with Crippen LogP contribution in [0, 0.1) is 12.8 Å². The Morgan fingerprint density at radius 3 is 3.12 bits per heavy atom. The molecule has 4 heteroatoms. The van der Waals surface area contributed by atoms with Crippen LogP contribution in [0.3, 0.4) is 0 Å². The van der Waals surface area contributed by atoms with Crippen molar-refractivity contribution in [3.05, 3.63) is 16.1 Å². The quantitative estimate of drug-likeness (QED) is 0.892. The van der Waals surface area contributed by atoms with E-state index in [2.05, 4.69) is 41.5 Å². The maximum Gasteiger partial charge on any atom is 0.0897 e. The van der Waals surface area contributed by atoms with E-state index in [-0.39, 0.29) is 0 Å². The Morgan fingerprint density at radius 1 is 1.65 bits per heavy atom. The molecule has 0 bridgehead atoms. The number of hydrogen-bond acceptors (Lipinski definition) is 4. The molecule has 0 aromatic carbocycles. The third-order valence-electron chi connectivity index (χ3n) is 3.64. The van der Waals surface area contributed by atoms with E-state index in [1.54, 1.807) is 11.3 Å². The van der Waals surface area contributed by atoms with Gasteiger partial charge >= 0.3 is 0 Å². The van der Waals surface area contributed by atoms with E-state index in [1.165, 1.54) is 31.6 Å². The SMILES string of the molecule is Cc1nc(CNC(C)C2CCCN(C)C2)cs1. The number of likely N-dealkylation sites (tertiary alicyclic amines) is 1. The Balaban J connectivity index is 1.78. The standard InChI is InChI=1S/C13H23N3S/c1-10(12-5-4-6-16(3)8-12)14-7-13-9-17-11(2)15-13/h9-10,12,14H,4-8H2,1-3H3. The van der Waals surface area contributed by atoms with Gasteiger partial charge in [0.1, 0.15) is 0 Å². The van der Waals surface area contributed by atoms with E-state index in [0.29, 0.717) is 6.04 Å². The molecule has 0 saturated carbocycles. The Kier molecular flexibility index (Phi) is 4.54. The van der Waals surface area contributed by atoms with Gasteiger partial charge in [-0.15, -0.1) is 11.3 Å². The lowest BCUT2D eigenvalue weighted by atomic mass is 9.92. The van der Waals surface area contributed by atoms with Gasteiger partial charge in [0.2, 0.25) is 0 Å². The lowest BCUT2D eigenvalue weighted by molar-refractivity contribution is 0.178. The number of aromatic nitrogens is 1. The minimum absolute atomic E-state index is 0.583. The first kappa shape index (κ1) is 13.0. The molecule has 2 heterocycles. The van der Waals surface area contributed by atoms with Crippen molar-refractivity contribution < 1.29 is 0 Å². The van der Waals surface area contributed by atoms with Gasteiger partial charge < -0.3 is 10.2 Å². The first-order valence-corrected chi connectivity index (χ1v) is 7.36. The molecule has 2 rings (SSSR count). The molecule has 3 nitrogen and oxygen atoms in total. The highest BCUT2D eigenvalue weighted by molar-refractivity contribution is 7.09. The van der Waals surface area contributed by atoms with Gasteiger partial charge in [0, 0.05) is 24.5 Å². The summed E-state index contributed by atoms with van der Waals surface area (Å²) in [5, 5.41) is 6.93. The normalized spacial score (nSPS) is 23.8. The van der Waals surface area contributed by atoms with E-state index in [1.807, 2.05) is 0 Å². The van der Waals surface area contributed by atoms with Crippen LogP contribution in [0.2, 0.25) is 0 Å². The van der Waals surface area contributed by atoms with Crippen LogP contribution >= 0.6 is 11.3 Å². The molecule has 0 radical (unpaired) electrons. The summed E-state index contributed by atoms with van der Waals surface area (Å²) in [6.45, 7) is 7.77. The van der Waals surface area contributed by atoms with Crippen molar-refractivity contribution in [2.75, 3.05) is 20.1 Å². The summed E-state index contributed by atoms with van der Waals surface area (Å²) in [6, 6.07) is 0.583. The van der Waals surface area contributed by atoms with Gasteiger partial charge in [-0.25, -0.2) is 4.98 Å². The highest BCUT2D eigenvalue weighted by Gasteiger charge is 2.22. The molecular formula is C13H23N3S. The number of nitrogens with one attached hydrogen (secondary N) is 1. The van der Waals surface area contributed by atoms with E-state index in [9.17, 15) is 0 Å². The maximum absolute atomic E-state index is 4.49. The number of rotatable bonds is 4. The Bertz CT molecular complexity index is 350. The lowest BCUT2D eigenvalue weighted by Gasteiger charge is -2.33. The topological polar surface area (TPSA) is 28.2 Å². The molecule has 0 amide bonds. The van der Waals surface area contributed by atoms with E-state index in [0.717, 1.165) is 17.5 Å². The third-order valence-corrected chi connectivity index (χ3v) is 4.46. The maximum atomic E-state index is 4.49. The summed E-state index contributed by atoms with van der Waals surface area (Å²) in [5.41, 5.74) is 1.18. The average molecular weight is 253 g/mol. The minimum Gasteiger partial charge on any atom is -0.308 e. The fraction of sp³-hybridized carbons (Fsp3) is 0.769. The number of nitrogens with zero attached hydrogens (tertiary/aromatic N) is 2. The molecule has 1 saturated heterocycles. The fourth-order valence-electron chi connectivity index (χ4n) is 2.54. The second kappa shape index (κ2) is 5.94. The molecule has 0 aliphatic carbocycles. The molecule has 2 unspecified atom stereocenters. The van der Waals surface area contributed by atoms with Crippen molar-refractivity contribution in [3.8, 4) is 0 Å². The van der Waals surface area contributed by atoms with Crippen LogP contribution in [0.15, 0.2) is 5.38 Å². The van der Waals surface area contributed by atoms with E-state index >= 15 is 0 Å². The monoisotopic (exact) mass is 253 g/mol. The average Bonchev–Trinajstić information content (AvgIpc) is 2.72. The number of thiazole rings is 1. The van der Waals surface area contributed by atoms with Gasteiger partial charge in [-0.05, 0) is 46.2 Å². The third kappa shape index (κ3) is 3.76. The molecule has 17 heavy (non-hydrogen) atoms. The zero-order valence-corrected chi connectivity index (χ0v) is 11.9. The number of hydrogen-bond donors (Lipinski definition) is 1. The molecule has 1 aromatic heterocycles. The van der Waals surface area contributed by atoms with Crippen molar-refractivity contribution in [1.29, 1.82) is 0 Å². The summed E-state index contributed by atoms with van der Waals surface area (Å²) in [7, 11) is 2.22. The highest BCUT2D eigenvalue weighted by Crippen LogP contribution is 2.19. The van der Waals surface area contributed by atoms with Crippen LogP contribution in [0.4, 0.5) is 0 Å². The molecule has 0 spiro atoms. The van der Waals surface area contributed by atoms with E-state index in [4.69, 9.17) is 0 Å². The Hall–Kier alpha value is -0.450.